The molecule has 0 aliphatic carbocycles. The van der Waals surface area contributed by atoms with E-state index in [0.717, 1.165) is 27.4 Å². The number of fused-ring (bicyclic) bond motifs is 1. The van der Waals surface area contributed by atoms with Crippen molar-refractivity contribution in [1.29, 1.82) is 0 Å². The number of benzene rings is 1. The number of pyridine rings is 1. The number of aromatic nitrogens is 1. The highest BCUT2D eigenvalue weighted by atomic mass is 79.9. The van der Waals surface area contributed by atoms with Crippen LogP contribution >= 0.6 is 27.3 Å². The summed E-state index contributed by atoms with van der Waals surface area (Å²) in [7, 11) is 0. The molecular formula is C15H14BrN3S. The lowest BCUT2D eigenvalue weighted by Crippen LogP contribution is -2.29. The fraction of sp³-hybridized carbons (Fsp3) is 0.133. The standard InChI is InChI=1S/C15H14BrN3S/c16-12-6-8-20-14(12)9-13(19-17)11-5-1-3-10-4-2-7-18-15(10)11/h1-8,13,19H,9,17H2. The van der Waals surface area contributed by atoms with Gasteiger partial charge in [-0.1, -0.05) is 24.3 Å². The van der Waals surface area contributed by atoms with Crippen LogP contribution in [0.25, 0.3) is 10.9 Å². The van der Waals surface area contributed by atoms with Gasteiger partial charge in [0, 0.05) is 27.4 Å². The van der Waals surface area contributed by atoms with Gasteiger partial charge in [-0.25, -0.2) is 0 Å². The second kappa shape index (κ2) is 6.01. The van der Waals surface area contributed by atoms with Gasteiger partial charge in [-0.05, 0) is 39.0 Å². The molecule has 102 valence electrons. The first kappa shape index (κ1) is 13.7. The molecule has 0 saturated carbocycles. The maximum Gasteiger partial charge on any atom is 0.0750 e. The molecular weight excluding hydrogens is 334 g/mol. The highest BCUT2D eigenvalue weighted by Gasteiger charge is 2.16. The number of nitrogens with zero attached hydrogens (tertiary/aromatic N) is 1. The minimum atomic E-state index is 0.0450. The van der Waals surface area contributed by atoms with Gasteiger partial charge in [-0.3, -0.25) is 16.3 Å². The predicted molar refractivity (Wildman–Crippen MR) is 87.5 cm³/mol. The summed E-state index contributed by atoms with van der Waals surface area (Å²) in [6.07, 6.45) is 2.66. The van der Waals surface area contributed by atoms with Gasteiger partial charge in [0.25, 0.3) is 0 Å². The molecule has 0 fully saturated rings. The molecule has 2 heterocycles. The highest BCUT2D eigenvalue weighted by molar-refractivity contribution is 9.10. The second-order valence-electron chi connectivity index (χ2n) is 4.54. The minimum absolute atomic E-state index is 0.0450. The number of nitrogens with two attached hydrogens (primary N) is 1. The Morgan fingerprint density at radius 1 is 1.25 bits per heavy atom. The van der Waals surface area contributed by atoms with E-state index in [9.17, 15) is 0 Å². The lowest BCUT2D eigenvalue weighted by Gasteiger charge is -2.17. The quantitative estimate of drug-likeness (QED) is 0.557. The first-order valence-electron chi connectivity index (χ1n) is 6.31. The van der Waals surface area contributed by atoms with Crippen LogP contribution in [-0.4, -0.2) is 4.98 Å². The van der Waals surface area contributed by atoms with Gasteiger partial charge in [0.15, 0.2) is 0 Å². The molecule has 3 N–H and O–H groups in total. The molecule has 5 heteroatoms. The van der Waals surface area contributed by atoms with Gasteiger partial charge in [-0.15, -0.1) is 11.3 Å². The maximum atomic E-state index is 5.77. The average Bonchev–Trinajstić information content (AvgIpc) is 2.89. The lowest BCUT2D eigenvalue weighted by molar-refractivity contribution is 0.558. The molecule has 0 radical (unpaired) electrons. The molecule has 1 atom stereocenters. The Hall–Kier alpha value is -1.27. The van der Waals surface area contributed by atoms with Crippen molar-refractivity contribution in [3.63, 3.8) is 0 Å². The topological polar surface area (TPSA) is 50.9 Å². The van der Waals surface area contributed by atoms with Gasteiger partial charge in [0.05, 0.1) is 11.6 Å². The monoisotopic (exact) mass is 347 g/mol. The summed E-state index contributed by atoms with van der Waals surface area (Å²) in [6, 6.07) is 12.3. The predicted octanol–water partition coefficient (Wildman–Crippen LogP) is 3.81. The Balaban J connectivity index is 2.01. The molecule has 20 heavy (non-hydrogen) atoms. The largest absolute Gasteiger partial charge is 0.271 e. The molecule has 0 spiro atoms. The van der Waals surface area contributed by atoms with Crippen molar-refractivity contribution >= 4 is 38.2 Å². The molecule has 3 aromatic rings. The van der Waals surface area contributed by atoms with Crippen molar-refractivity contribution in [1.82, 2.24) is 10.4 Å². The van der Waals surface area contributed by atoms with E-state index in [2.05, 4.69) is 56.0 Å². The van der Waals surface area contributed by atoms with Crippen LogP contribution in [0, 0.1) is 0 Å². The number of nitrogens with one attached hydrogen (secondary N) is 1. The smallest absolute Gasteiger partial charge is 0.0750 e. The zero-order valence-electron chi connectivity index (χ0n) is 10.7. The van der Waals surface area contributed by atoms with Crippen molar-refractivity contribution in [2.75, 3.05) is 0 Å². The van der Waals surface area contributed by atoms with Crippen LogP contribution in [0.4, 0.5) is 0 Å². The maximum absolute atomic E-state index is 5.77. The summed E-state index contributed by atoms with van der Waals surface area (Å²) in [5.41, 5.74) is 5.06. The molecule has 0 amide bonds. The number of para-hydroxylation sites is 1. The van der Waals surface area contributed by atoms with Gasteiger partial charge >= 0.3 is 0 Å². The second-order valence-corrected chi connectivity index (χ2v) is 6.39. The summed E-state index contributed by atoms with van der Waals surface area (Å²) in [5.74, 6) is 5.77. The summed E-state index contributed by atoms with van der Waals surface area (Å²) >= 11 is 5.30. The molecule has 2 aromatic heterocycles. The third kappa shape index (κ3) is 2.62. The number of thiophene rings is 1. The molecule has 3 nitrogen and oxygen atoms in total. The summed E-state index contributed by atoms with van der Waals surface area (Å²) in [4.78, 5) is 5.78. The van der Waals surface area contributed by atoms with Gasteiger partial charge in [-0.2, -0.15) is 0 Å². The SMILES string of the molecule is NNC(Cc1sccc1Br)c1cccc2cccnc12. The third-order valence-electron chi connectivity index (χ3n) is 3.32. The van der Waals surface area contributed by atoms with E-state index >= 15 is 0 Å². The fourth-order valence-electron chi connectivity index (χ4n) is 2.32. The van der Waals surface area contributed by atoms with Gasteiger partial charge in [0.1, 0.15) is 0 Å². The Bertz CT molecular complexity index is 720. The minimum Gasteiger partial charge on any atom is -0.271 e. The average molecular weight is 348 g/mol. The molecule has 1 aromatic carbocycles. The number of rotatable bonds is 4. The van der Waals surface area contributed by atoms with Gasteiger partial charge < -0.3 is 0 Å². The summed E-state index contributed by atoms with van der Waals surface area (Å²) in [6.45, 7) is 0. The first-order chi connectivity index (χ1) is 9.79. The van der Waals surface area contributed by atoms with Crippen molar-refractivity contribution in [3.8, 4) is 0 Å². The molecule has 0 aliphatic heterocycles. The van der Waals surface area contributed by atoms with Crippen molar-refractivity contribution < 1.29 is 0 Å². The Morgan fingerprint density at radius 2 is 2.10 bits per heavy atom. The Morgan fingerprint density at radius 3 is 2.85 bits per heavy atom. The highest BCUT2D eigenvalue weighted by Crippen LogP contribution is 2.30. The molecule has 0 aliphatic rings. The van der Waals surface area contributed by atoms with E-state index in [4.69, 9.17) is 5.84 Å². The zero-order valence-corrected chi connectivity index (χ0v) is 13.1. The van der Waals surface area contributed by atoms with E-state index in [1.54, 1.807) is 11.3 Å². The lowest BCUT2D eigenvalue weighted by atomic mass is 10.00. The first-order valence-corrected chi connectivity index (χ1v) is 7.98. The molecule has 0 bridgehead atoms. The number of hydrazine groups is 1. The number of halogens is 1. The van der Waals surface area contributed by atoms with Crippen LogP contribution in [0.3, 0.4) is 0 Å². The van der Waals surface area contributed by atoms with E-state index < -0.39 is 0 Å². The van der Waals surface area contributed by atoms with Crippen LogP contribution < -0.4 is 11.3 Å². The van der Waals surface area contributed by atoms with Crippen LogP contribution in [0.2, 0.25) is 0 Å². The van der Waals surface area contributed by atoms with Crippen LogP contribution in [0.1, 0.15) is 16.5 Å². The van der Waals surface area contributed by atoms with Crippen LogP contribution in [0.15, 0.2) is 52.4 Å². The Labute approximate surface area is 129 Å². The molecule has 3 rings (SSSR count). The number of hydrogen-bond acceptors (Lipinski definition) is 4. The summed E-state index contributed by atoms with van der Waals surface area (Å²) in [5, 5.41) is 3.21. The van der Waals surface area contributed by atoms with Crippen molar-refractivity contribution in [3.05, 3.63) is 62.9 Å². The normalized spacial score (nSPS) is 12.7. The Kier molecular flexibility index (Phi) is 4.12. The van der Waals surface area contributed by atoms with E-state index in [0.29, 0.717) is 0 Å². The van der Waals surface area contributed by atoms with Gasteiger partial charge in [0.2, 0.25) is 0 Å². The van der Waals surface area contributed by atoms with Crippen molar-refractivity contribution in [2.24, 2.45) is 5.84 Å². The van der Waals surface area contributed by atoms with E-state index in [1.165, 1.54) is 4.88 Å². The zero-order chi connectivity index (χ0) is 13.9. The molecule has 1 unspecified atom stereocenters. The summed E-state index contributed by atoms with van der Waals surface area (Å²) < 4.78 is 1.14. The van der Waals surface area contributed by atoms with Crippen LogP contribution in [-0.2, 0) is 6.42 Å². The molecule has 0 saturated heterocycles. The number of hydrogen-bond donors (Lipinski definition) is 2. The fourth-order valence-corrected chi connectivity index (χ4v) is 3.89. The van der Waals surface area contributed by atoms with Crippen LogP contribution in [0.5, 0.6) is 0 Å². The third-order valence-corrected chi connectivity index (χ3v) is 5.27. The van der Waals surface area contributed by atoms with Crippen molar-refractivity contribution in [2.45, 2.75) is 12.5 Å². The van der Waals surface area contributed by atoms with E-state index in [-0.39, 0.29) is 6.04 Å². The van der Waals surface area contributed by atoms with E-state index in [1.807, 2.05) is 18.3 Å².